The smallest absolute Gasteiger partial charge is 0.245 e. The number of nitrogens with zero attached hydrogens (tertiary/aromatic N) is 1. The van der Waals surface area contributed by atoms with Gasteiger partial charge in [0, 0.05) is 30.6 Å². The minimum Gasteiger partial charge on any atom is -0.327 e. The molecule has 352 valence electrons. The highest BCUT2D eigenvalue weighted by Gasteiger charge is 2.12. The normalized spacial score (nSPS) is 12.2. The highest BCUT2D eigenvalue weighted by Crippen LogP contribution is 2.08. The molecule has 0 aliphatic heterocycles. The second-order valence-electron chi connectivity index (χ2n) is 15.8. The Hall–Kier alpha value is -5.28. The maximum atomic E-state index is 11.7. The van der Waals surface area contributed by atoms with E-state index in [4.69, 9.17) is 32.6 Å². The fourth-order valence-electron chi connectivity index (χ4n) is 6.48. The first kappa shape index (κ1) is 55.1. The number of carbonyl (C=O) groups is 2. The van der Waals surface area contributed by atoms with Gasteiger partial charge in [-0.2, -0.15) is 25.3 Å². The number of hydrogen-bond acceptors (Lipinski definition) is 10. The van der Waals surface area contributed by atoms with E-state index in [-0.39, 0.29) is 36.5 Å². The standard InChI is InChI=1S/2C17H20N2O2.2C10H15NS/c18-17(11-15-7-3-1-4-8-15)12-19(14-20)21-13-16-9-5-2-6-10-16;18-16(11-14-7-3-1-4-8-14)12-17(20)19-21-13-15-9-5-2-6-10-15;2*11-10(6-7-12)8-9-4-2-1-3-5-9/h1-10,14,17H,11-13,18H2;1-10,16H,11-13,18H2,(H,19,20);2*1-5,10,12H,6-8,11H2. The molecule has 0 saturated heterocycles. The SMILES string of the molecule is NC(CC(=O)NOCc1ccccc1)Cc1ccccc1.NC(CCS)Cc1ccccc1.NC(CCS)Cc1ccccc1.NC(Cc1ccccc1)CN(C=O)OCc1ccccc1. The Morgan fingerprint density at radius 1 is 0.485 bits per heavy atom. The van der Waals surface area contributed by atoms with Crippen molar-refractivity contribution >= 4 is 37.6 Å². The molecule has 0 fully saturated rings. The Morgan fingerprint density at radius 3 is 1.15 bits per heavy atom. The summed E-state index contributed by atoms with van der Waals surface area (Å²) in [4.78, 5) is 33.4. The molecular weight excluding hydrogens is 861 g/mol. The maximum absolute atomic E-state index is 11.7. The number of carbonyl (C=O) groups excluding carboxylic acids is 2. The van der Waals surface area contributed by atoms with Gasteiger partial charge in [-0.15, -0.1) is 0 Å². The van der Waals surface area contributed by atoms with Gasteiger partial charge in [0.1, 0.15) is 6.61 Å². The first-order valence-corrected chi connectivity index (χ1v) is 23.7. The number of thiol groups is 2. The lowest BCUT2D eigenvalue weighted by Gasteiger charge is -2.21. The van der Waals surface area contributed by atoms with Crippen LogP contribution in [0, 0.1) is 0 Å². The Morgan fingerprint density at radius 2 is 0.803 bits per heavy atom. The molecule has 4 unspecified atom stereocenters. The number of rotatable bonds is 23. The van der Waals surface area contributed by atoms with E-state index in [9.17, 15) is 9.59 Å². The van der Waals surface area contributed by atoms with Crippen molar-refractivity contribution in [2.24, 2.45) is 22.9 Å². The van der Waals surface area contributed by atoms with Crippen molar-refractivity contribution in [2.45, 2.75) is 82.3 Å². The van der Waals surface area contributed by atoms with Crippen LogP contribution >= 0.6 is 25.3 Å². The van der Waals surface area contributed by atoms with Crippen LogP contribution in [0.4, 0.5) is 0 Å². The molecule has 0 spiro atoms. The molecule has 0 heterocycles. The van der Waals surface area contributed by atoms with Crippen molar-refractivity contribution in [2.75, 3.05) is 18.1 Å². The van der Waals surface area contributed by atoms with Crippen molar-refractivity contribution in [3.8, 4) is 0 Å². The van der Waals surface area contributed by atoms with Gasteiger partial charge in [-0.1, -0.05) is 182 Å². The summed E-state index contributed by atoms with van der Waals surface area (Å²) in [6.07, 6.45) is 6.18. The van der Waals surface area contributed by atoms with E-state index >= 15 is 0 Å². The van der Waals surface area contributed by atoms with Crippen LogP contribution in [0.3, 0.4) is 0 Å². The van der Waals surface area contributed by atoms with Gasteiger partial charge in [0.05, 0.1) is 13.2 Å². The molecule has 0 bridgehead atoms. The Kier molecular flexibility index (Phi) is 29.2. The van der Waals surface area contributed by atoms with E-state index in [0.29, 0.717) is 39.0 Å². The highest BCUT2D eigenvalue weighted by molar-refractivity contribution is 7.80. The average Bonchev–Trinajstić information content (AvgIpc) is 3.33. The van der Waals surface area contributed by atoms with Crippen LogP contribution in [0.1, 0.15) is 52.6 Å². The molecule has 66 heavy (non-hydrogen) atoms. The molecular formula is C54H70N6O4S2. The van der Waals surface area contributed by atoms with Crippen molar-refractivity contribution in [3.63, 3.8) is 0 Å². The van der Waals surface area contributed by atoms with E-state index in [1.54, 1.807) is 0 Å². The summed E-state index contributed by atoms with van der Waals surface area (Å²) in [6, 6.07) is 60.0. The van der Waals surface area contributed by atoms with Gasteiger partial charge < -0.3 is 22.9 Å². The van der Waals surface area contributed by atoms with E-state index in [2.05, 4.69) is 55.0 Å². The predicted octanol–water partition coefficient (Wildman–Crippen LogP) is 8.09. The zero-order valence-corrected chi connectivity index (χ0v) is 39.8. The number of amides is 2. The van der Waals surface area contributed by atoms with Crippen molar-refractivity contribution in [1.82, 2.24) is 10.5 Å². The summed E-state index contributed by atoms with van der Waals surface area (Å²) in [7, 11) is 0. The van der Waals surface area contributed by atoms with Crippen molar-refractivity contribution in [1.29, 1.82) is 0 Å². The third-order valence-corrected chi connectivity index (χ3v) is 10.4. The summed E-state index contributed by atoms with van der Waals surface area (Å²) >= 11 is 8.29. The Labute approximate surface area is 404 Å². The van der Waals surface area contributed by atoms with E-state index in [1.807, 2.05) is 158 Å². The van der Waals surface area contributed by atoms with E-state index < -0.39 is 0 Å². The van der Waals surface area contributed by atoms with Gasteiger partial charge in [0.25, 0.3) is 0 Å². The number of benzene rings is 6. The van der Waals surface area contributed by atoms with Crippen molar-refractivity contribution in [3.05, 3.63) is 215 Å². The largest absolute Gasteiger partial charge is 0.327 e. The molecule has 12 heteroatoms. The van der Waals surface area contributed by atoms with Crippen LogP contribution in [-0.4, -0.2) is 59.6 Å². The first-order valence-electron chi connectivity index (χ1n) is 22.4. The summed E-state index contributed by atoms with van der Waals surface area (Å²) < 4.78 is 0. The fraction of sp³-hybridized carbons (Fsp3) is 0.296. The van der Waals surface area contributed by atoms with E-state index in [1.165, 1.54) is 16.2 Å². The topological polar surface area (TPSA) is 172 Å². The van der Waals surface area contributed by atoms with E-state index in [0.717, 1.165) is 59.4 Å². The molecule has 0 aromatic heterocycles. The summed E-state index contributed by atoms with van der Waals surface area (Å²) in [5.74, 6) is 1.54. The Balaban J connectivity index is 0.000000242. The highest BCUT2D eigenvalue weighted by atomic mass is 32.1. The molecule has 0 aliphatic carbocycles. The summed E-state index contributed by atoms with van der Waals surface area (Å²) in [5.41, 5.74) is 33.1. The van der Waals surface area contributed by atoms with Gasteiger partial charge in [-0.25, -0.2) is 10.5 Å². The number of nitrogens with two attached hydrogens (primary N) is 4. The van der Waals surface area contributed by atoms with Crippen LogP contribution < -0.4 is 28.4 Å². The third kappa shape index (κ3) is 26.6. The first-order chi connectivity index (χ1) is 32.2. The lowest BCUT2D eigenvalue weighted by molar-refractivity contribution is -0.178. The molecule has 9 N–H and O–H groups in total. The van der Waals surface area contributed by atoms with Crippen LogP contribution in [0.25, 0.3) is 0 Å². The van der Waals surface area contributed by atoms with Gasteiger partial charge in [0.2, 0.25) is 12.3 Å². The van der Waals surface area contributed by atoms with Crippen LogP contribution in [-0.2, 0) is 58.2 Å². The number of nitrogens with one attached hydrogen (secondary N) is 1. The van der Waals surface area contributed by atoms with Crippen LogP contribution in [0.2, 0.25) is 0 Å². The Bertz CT molecular complexity index is 2030. The lowest BCUT2D eigenvalue weighted by atomic mass is 10.0. The van der Waals surface area contributed by atoms with Crippen molar-refractivity contribution < 1.29 is 19.3 Å². The summed E-state index contributed by atoms with van der Waals surface area (Å²) in [5, 5.41) is 1.26. The molecule has 4 atom stereocenters. The molecule has 0 aliphatic rings. The summed E-state index contributed by atoms with van der Waals surface area (Å²) in [6.45, 7) is 1.07. The van der Waals surface area contributed by atoms with Gasteiger partial charge in [-0.05, 0) is 83.4 Å². The number of hydroxylamine groups is 3. The molecule has 6 aromatic rings. The lowest BCUT2D eigenvalue weighted by Crippen LogP contribution is -2.38. The molecule has 6 rings (SSSR count). The molecule has 0 saturated carbocycles. The van der Waals surface area contributed by atoms with Gasteiger partial charge in [-0.3, -0.25) is 19.3 Å². The fourth-order valence-corrected chi connectivity index (χ4v) is 7.15. The van der Waals surface area contributed by atoms with Crippen LogP contribution in [0.5, 0.6) is 0 Å². The maximum Gasteiger partial charge on any atom is 0.245 e. The van der Waals surface area contributed by atoms with Gasteiger partial charge >= 0.3 is 0 Å². The minimum atomic E-state index is -0.215. The zero-order valence-electron chi connectivity index (χ0n) is 38.0. The monoisotopic (exact) mass is 930 g/mol. The second-order valence-corrected chi connectivity index (χ2v) is 16.7. The molecule has 6 aromatic carbocycles. The molecule has 0 radical (unpaired) electrons. The molecule has 2 amide bonds. The average molecular weight is 931 g/mol. The minimum absolute atomic E-state index is 0.159. The van der Waals surface area contributed by atoms with Gasteiger partial charge in [0.15, 0.2) is 0 Å². The van der Waals surface area contributed by atoms with Crippen LogP contribution in [0.15, 0.2) is 182 Å². The zero-order chi connectivity index (χ0) is 47.5. The third-order valence-electron chi connectivity index (χ3n) is 9.85. The number of hydrogen-bond donors (Lipinski definition) is 7. The second kappa shape index (κ2) is 35.0. The molecule has 10 nitrogen and oxygen atoms in total. The predicted molar refractivity (Wildman–Crippen MR) is 277 cm³/mol. The quantitative estimate of drug-likeness (QED) is 0.0192.